The van der Waals surface area contributed by atoms with Gasteiger partial charge in [0.1, 0.15) is 30.5 Å². The summed E-state index contributed by atoms with van der Waals surface area (Å²) in [5.74, 6) is 1.57. The number of aliphatic hydroxyl groups is 6. The molecule has 6 N–H and O–H groups in total. The van der Waals surface area contributed by atoms with Crippen LogP contribution < -0.4 is 0 Å². The first kappa shape index (κ1) is 32.6. The molecule has 0 bridgehead atoms. The molecule has 4 fully saturated rings. The Bertz CT molecular complexity index is 1170. The molecule has 0 aromatic carbocycles. The van der Waals surface area contributed by atoms with Crippen molar-refractivity contribution in [2.24, 2.45) is 40.4 Å². The number of ether oxygens (including phenoxy) is 3. The molecule has 2 aliphatic heterocycles. The molecular weight excluding hydrogens is 568 g/mol. The van der Waals surface area contributed by atoms with E-state index < -0.39 is 49.5 Å². The molecule has 2 heterocycles. The van der Waals surface area contributed by atoms with Gasteiger partial charge in [0.25, 0.3) is 0 Å². The van der Waals surface area contributed by atoms with Gasteiger partial charge in [-0.05, 0) is 80.5 Å². The summed E-state index contributed by atoms with van der Waals surface area (Å²) in [6, 6.07) is 0. The molecule has 0 radical (unpaired) electrons. The Morgan fingerprint density at radius 1 is 1.02 bits per heavy atom. The van der Waals surface area contributed by atoms with E-state index in [2.05, 4.69) is 26.8 Å². The molecule has 44 heavy (non-hydrogen) atoms. The number of carbonyl (C=O) groups is 1. The van der Waals surface area contributed by atoms with E-state index in [0.29, 0.717) is 48.5 Å². The van der Waals surface area contributed by atoms with Crippen LogP contribution in [0.1, 0.15) is 79.1 Å². The number of carbonyl (C=O) groups excluding carboxylic acids is 1. The van der Waals surface area contributed by atoms with Gasteiger partial charge in [-0.15, -0.1) is 0 Å². The van der Waals surface area contributed by atoms with E-state index in [1.165, 1.54) is 5.57 Å². The van der Waals surface area contributed by atoms with Gasteiger partial charge in [-0.3, -0.25) is 0 Å². The van der Waals surface area contributed by atoms with Gasteiger partial charge in [-0.2, -0.15) is 0 Å². The van der Waals surface area contributed by atoms with Crippen LogP contribution in [0.3, 0.4) is 0 Å². The van der Waals surface area contributed by atoms with Gasteiger partial charge >= 0.3 is 5.97 Å². The van der Waals surface area contributed by atoms with Crippen LogP contribution in [0, 0.1) is 40.4 Å². The summed E-state index contributed by atoms with van der Waals surface area (Å²) in [6.45, 7) is 8.02. The van der Waals surface area contributed by atoms with Crippen LogP contribution in [0.2, 0.25) is 0 Å². The minimum atomic E-state index is -1.50. The SMILES string of the molecule is CC1=C(CO)C(=O)OC(C(C)C2CCC3C4CC=C5CC(OC6OC(CO)C(O)C(O)C6O)CC(O)C5(C)C4CCC23C)C1. The van der Waals surface area contributed by atoms with Crippen molar-refractivity contribution >= 4 is 5.97 Å². The third kappa shape index (κ3) is 5.03. The molecule has 0 aromatic rings. The first-order valence-corrected chi connectivity index (χ1v) is 16.7. The van der Waals surface area contributed by atoms with Gasteiger partial charge in [0.15, 0.2) is 6.29 Å². The van der Waals surface area contributed by atoms with Gasteiger partial charge in [0, 0.05) is 18.3 Å². The van der Waals surface area contributed by atoms with E-state index >= 15 is 0 Å². The van der Waals surface area contributed by atoms with Crippen molar-refractivity contribution in [2.45, 2.75) is 128 Å². The Morgan fingerprint density at radius 2 is 1.77 bits per heavy atom. The van der Waals surface area contributed by atoms with Gasteiger partial charge < -0.3 is 44.8 Å². The maximum absolute atomic E-state index is 12.6. The van der Waals surface area contributed by atoms with E-state index in [4.69, 9.17) is 14.2 Å². The fourth-order valence-corrected chi connectivity index (χ4v) is 10.7. The summed E-state index contributed by atoms with van der Waals surface area (Å²) in [4.78, 5) is 12.6. The standard InChI is InChI=1S/C34H52O10/c1-16-11-25(43-31(41)21(16)14-35)17(2)22-7-8-23-20-6-5-18-12-19(42-32-30(40)29(39)28(38)26(15-36)44-32)13-27(37)34(18,4)24(20)9-10-33(22,23)3/h5,17,19-20,22-30,32,35-40H,6-15H2,1-4H3. The van der Waals surface area contributed by atoms with Crippen molar-refractivity contribution in [3.8, 4) is 0 Å². The highest BCUT2D eigenvalue weighted by Crippen LogP contribution is 2.67. The van der Waals surface area contributed by atoms with Crippen molar-refractivity contribution in [2.75, 3.05) is 13.2 Å². The summed E-state index contributed by atoms with van der Waals surface area (Å²) >= 11 is 0. The van der Waals surface area contributed by atoms with Gasteiger partial charge in [-0.25, -0.2) is 4.79 Å². The average Bonchev–Trinajstić information content (AvgIpc) is 3.34. The molecule has 15 atom stereocenters. The highest BCUT2D eigenvalue weighted by Gasteiger charge is 2.62. The van der Waals surface area contributed by atoms with Crippen molar-refractivity contribution in [3.05, 3.63) is 22.8 Å². The third-order valence-corrected chi connectivity index (χ3v) is 13.3. The first-order chi connectivity index (χ1) is 20.8. The Morgan fingerprint density at radius 3 is 2.45 bits per heavy atom. The zero-order chi connectivity index (χ0) is 31.7. The normalized spacial score (nSPS) is 49.9. The van der Waals surface area contributed by atoms with Crippen LogP contribution in [0.25, 0.3) is 0 Å². The zero-order valence-electron chi connectivity index (χ0n) is 26.5. The van der Waals surface area contributed by atoms with Crippen molar-refractivity contribution < 1.29 is 49.6 Å². The lowest BCUT2D eigenvalue weighted by Gasteiger charge is -2.60. The van der Waals surface area contributed by atoms with Crippen LogP contribution in [-0.2, 0) is 19.0 Å². The highest BCUT2D eigenvalue weighted by atomic mass is 16.7. The molecule has 0 aromatic heterocycles. The number of aliphatic hydroxyl groups excluding tert-OH is 6. The lowest BCUT2D eigenvalue weighted by Crippen LogP contribution is -2.60. The molecule has 6 aliphatic rings. The number of hydrogen-bond acceptors (Lipinski definition) is 10. The molecule has 6 rings (SSSR count). The van der Waals surface area contributed by atoms with Crippen LogP contribution in [-0.4, -0.2) is 98.8 Å². The van der Waals surface area contributed by atoms with Gasteiger partial charge in [-0.1, -0.05) is 38.0 Å². The van der Waals surface area contributed by atoms with E-state index in [-0.39, 0.29) is 35.4 Å². The first-order valence-electron chi connectivity index (χ1n) is 16.7. The monoisotopic (exact) mass is 620 g/mol. The Balaban J connectivity index is 1.16. The largest absolute Gasteiger partial charge is 0.458 e. The predicted molar refractivity (Wildman–Crippen MR) is 159 cm³/mol. The fraction of sp³-hybridized carbons (Fsp3) is 0.853. The molecule has 10 heteroatoms. The molecule has 248 valence electrons. The summed E-state index contributed by atoms with van der Waals surface area (Å²) in [6.07, 6.45) is 1.26. The predicted octanol–water partition coefficient (Wildman–Crippen LogP) is 1.98. The molecule has 4 aliphatic carbocycles. The minimum Gasteiger partial charge on any atom is -0.458 e. The summed E-state index contributed by atoms with van der Waals surface area (Å²) < 4.78 is 17.6. The van der Waals surface area contributed by atoms with Crippen molar-refractivity contribution in [1.29, 1.82) is 0 Å². The Hall–Kier alpha value is -1.37. The minimum absolute atomic E-state index is 0.123. The van der Waals surface area contributed by atoms with Crippen LogP contribution in [0.5, 0.6) is 0 Å². The van der Waals surface area contributed by atoms with E-state index in [1.54, 1.807) is 0 Å². The van der Waals surface area contributed by atoms with E-state index in [1.807, 2.05) is 6.92 Å². The topological polar surface area (TPSA) is 166 Å². The molecule has 0 amide bonds. The molecule has 10 nitrogen and oxygen atoms in total. The number of rotatable bonds is 6. The molecule has 1 saturated heterocycles. The maximum atomic E-state index is 12.6. The van der Waals surface area contributed by atoms with Crippen LogP contribution in [0.15, 0.2) is 22.8 Å². The van der Waals surface area contributed by atoms with Gasteiger partial charge in [0.05, 0.1) is 31.0 Å². The summed E-state index contributed by atoms with van der Waals surface area (Å²) in [7, 11) is 0. The smallest absolute Gasteiger partial charge is 0.336 e. The van der Waals surface area contributed by atoms with Crippen molar-refractivity contribution in [3.63, 3.8) is 0 Å². The lowest BCUT2D eigenvalue weighted by molar-refractivity contribution is -0.315. The molecule has 3 saturated carbocycles. The fourth-order valence-electron chi connectivity index (χ4n) is 10.7. The number of hydrogen-bond donors (Lipinski definition) is 6. The van der Waals surface area contributed by atoms with Crippen LogP contribution >= 0.6 is 0 Å². The van der Waals surface area contributed by atoms with Crippen LogP contribution in [0.4, 0.5) is 0 Å². The quantitative estimate of drug-likeness (QED) is 0.191. The van der Waals surface area contributed by atoms with E-state index in [9.17, 15) is 35.4 Å². The van der Waals surface area contributed by atoms with E-state index in [0.717, 1.165) is 37.7 Å². The zero-order valence-corrected chi connectivity index (χ0v) is 26.5. The second-order valence-electron chi connectivity index (χ2n) is 15.2. The number of allylic oxidation sites excluding steroid dienone is 1. The second kappa shape index (κ2) is 12.0. The highest BCUT2D eigenvalue weighted by molar-refractivity contribution is 5.90. The number of fused-ring (bicyclic) bond motifs is 5. The summed E-state index contributed by atoms with van der Waals surface area (Å²) in [5, 5.41) is 61.7. The lowest BCUT2D eigenvalue weighted by atomic mass is 9.46. The second-order valence-corrected chi connectivity index (χ2v) is 15.2. The Kier molecular flexibility index (Phi) is 8.89. The number of cyclic esters (lactones) is 1. The summed E-state index contributed by atoms with van der Waals surface area (Å²) in [5.41, 5.74) is 2.24. The van der Waals surface area contributed by atoms with Crippen molar-refractivity contribution in [1.82, 2.24) is 0 Å². The molecule has 15 unspecified atom stereocenters. The Labute approximate surface area is 260 Å². The maximum Gasteiger partial charge on any atom is 0.336 e. The molecular formula is C34H52O10. The third-order valence-electron chi connectivity index (χ3n) is 13.3. The van der Waals surface area contributed by atoms with Gasteiger partial charge in [0.2, 0.25) is 0 Å². The number of esters is 1. The average molecular weight is 621 g/mol. The molecule has 0 spiro atoms.